The number of imidazole rings is 1. The number of aromatic amines is 2. The first-order valence-electron chi connectivity index (χ1n) is 8.12. The number of nitrogens with zero attached hydrogens (tertiary/aromatic N) is 1. The topological polar surface area (TPSA) is 90.6 Å². The first kappa shape index (κ1) is 16.3. The van der Waals surface area contributed by atoms with Crippen molar-refractivity contribution in [1.82, 2.24) is 15.0 Å². The summed E-state index contributed by atoms with van der Waals surface area (Å²) in [7, 11) is 0. The van der Waals surface area contributed by atoms with E-state index < -0.39 is 0 Å². The standard InChI is InChI=1S/C19H16N4O2S/c1-11-17(26-16(20-11)9-12-5-3-2-4-6-12)18(24)21-13-7-8-14-15(10-13)23-19(25)22-14/h2-8,10H,9H2,1H3,(H,21,24)(H2,22,23,25). The molecule has 1 amide bonds. The molecule has 0 fully saturated rings. The molecule has 0 saturated carbocycles. The summed E-state index contributed by atoms with van der Waals surface area (Å²) in [6.45, 7) is 1.84. The SMILES string of the molecule is Cc1nc(Cc2ccccc2)sc1C(=O)Nc1ccc2[nH]c(=O)[nH]c2c1. The number of hydrogen-bond acceptors (Lipinski definition) is 4. The maximum absolute atomic E-state index is 12.6. The second-order valence-corrected chi connectivity index (χ2v) is 7.06. The number of H-pyrrole nitrogens is 2. The molecule has 4 aromatic rings. The highest BCUT2D eigenvalue weighted by molar-refractivity contribution is 7.14. The number of benzene rings is 2. The van der Waals surface area contributed by atoms with Crippen LogP contribution in [0.3, 0.4) is 0 Å². The lowest BCUT2D eigenvalue weighted by atomic mass is 10.2. The van der Waals surface area contributed by atoms with Gasteiger partial charge in [-0.1, -0.05) is 30.3 Å². The van der Waals surface area contributed by atoms with Gasteiger partial charge in [0.25, 0.3) is 5.91 Å². The molecule has 0 aliphatic heterocycles. The van der Waals surface area contributed by atoms with Crippen molar-refractivity contribution in [2.75, 3.05) is 5.32 Å². The molecule has 0 radical (unpaired) electrons. The van der Waals surface area contributed by atoms with Gasteiger partial charge in [0.15, 0.2) is 0 Å². The van der Waals surface area contributed by atoms with Crippen LogP contribution in [0.15, 0.2) is 53.3 Å². The maximum Gasteiger partial charge on any atom is 0.323 e. The minimum atomic E-state index is -0.271. The van der Waals surface area contributed by atoms with E-state index in [1.165, 1.54) is 11.3 Å². The first-order chi connectivity index (χ1) is 12.6. The zero-order chi connectivity index (χ0) is 18.1. The Labute approximate surface area is 152 Å². The number of aryl methyl sites for hydroxylation is 1. The minimum absolute atomic E-state index is 0.198. The molecule has 2 aromatic carbocycles. The molecule has 130 valence electrons. The molecule has 7 heteroatoms. The van der Waals surface area contributed by atoms with Gasteiger partial charge in [-0.15, -0.1) is 11.3 Å². The lowest BCUT2D eigenvalue weighted by molar-refractivity contribution is 0.103. The highest BCUT2D eigenvalue weighted by Crippen LogP contribution is 2.23. The summed E-state index contributed by atoms with van der Waals surface area (Å²) in [6.07, 6.45) is 0.705. The average molecular weight is 364 g/mol. The van der Waals surface area contributed by atoms with Gasteiger partial charge in [0.2, 0.25) is 0 Å². The fraction of sp³-hybridized carbons (Fsp3) is 0.105. The Morgan fingerprint density at radius 3 is 2.69 bits per heavy atom. The van der Waals surface area contributed by atoms with Crippen LogP contribution in [-0.2, 0) is 6.42 Å². The molecular formula is C19H16N4O2S. The molecule has 2 heterocycles. The van der Waals surface area contributed by atoms with E-state index in [4.69, 9.17) is 0 Å². The molecule has 6 nitrogen and oxygen atoms in total. The smallest absolute Gasteiger partial charge is 0.321 e. The molecule has 0 bridgehead atoms. The molecule has 0 saturated heterocycles. The Hall–Kier alpha value is -3.19. The van der Waals surface area contributed by atoms with Crippen LogP contribution in [-0.4, -0.2) is 20.9 Å². The van der Waals surface area contributed by atoms with Gasteiger partial charge in [0, 0.05) is 12.1 Å². The molecular weight excluding hydrogens is 348 g/mol. The molecule has 2 aromatic heterocycles. The quantitative estimate of drug-likeness (QED) is 0.518. The second kappa shape index (κ2) is 6.61. The zero-order valence-corrected chi connectivity index (χ0v) is 14.8. The monoisotopic (exact) mass is 364 g/mol. The molecule has 26 heavy (non-hydrogen) atoms. The number of carbonyl (C=O) groups excluding carboxylic acids is 1. The predicted molar refractivity (Wildman–Crippen MR) is 103 cm³/mol. The van der Waals surface area contributed by atoms with E-state index in [1.54, 1.807) is 18.2 Å². The summed E-state index contributed by atoms with van der Waals surface area (Å²) in [5.41, 5.74) is 3.58. The van der Waals surface area contributed by atoms with Gasteiger partial charge < -0.3 is 15.3 Å². The zero-order valence-electron chi connectivity index (χ0n) is 14.0. The van der Waals surface area contributed by atoms with Crippen molar-refractivity contribution in [3.05, 3.63) is 80.2 Å². The number of amides is 1. The minimum Gasteiger partial charge on any atom is -0.321 e. The third kappa shape index (κ3) is 3.29. The van der Waals surface area contributed by atoms with Crippen molar-refractivity contribution in [2.45, 2.75) is 13.3 Å². The predicted octanol–water partition coefficient (Wildman–Crippen LogP) is 3.46. The van der Waals surface area contributed by atoms with E-state index in [0.29, 0.717) is 28.0 Å². The van der Waals surface area contributed by atoms with Crippen LogP contribution in [0.4, 0.5) is 5.69 Å². The number of fused-ring (bicyclic) bond motifs is 1. The van der Waals surface area contributed by atoms with Crippen molar-refractivity contribution in [2.24, 2.45) is 0 Å². The fourth-order valence-corrected chi connectivity index (χ4v) is 3.80. The molecule has 3 N–H and O–H groups in total. The van der Waals surface area contributed by atoms with Crippen molar-refractivity contribution in [1.29, 1.82) is 0 Å². The van der Waals surface area contributed by atoms with Crippen LogP contribution in [0.2, 0.25) is 0 Å². The van der Waals surface area contributed by atoms with Gasteiger partial charge >= 0.3 is 5.69 Å². The number of aromatic nitrogens is 3. The molecule has 4 rings (SSSR count). The Balaban J connectivity index is 1.54. The van der Waals surface area contributed by atoms with Gasteiger partial charge in [0.1, 0.15) is 4.88 Å². The van der Waals surface area contributed by atoms with E-state index in [-0.39, 0.29) is 11.6 Å². The maximum atomic E-state index is 12.6. The molecule has 0 aliphatic rings. The van der Waals surface area contributed by atoms with Crippen molar-refractivity contribution >= 4 is 34.0 Å². The fourth-order valence-electron chi connectivity index (χ4n) is 2.81. The van der Waals surface area contributed by atoms with Gasteiger partial charge in [-0.2, -0.15) is 0 Å². The van der Waals surface area contributed by atoms with Crippen LogP contribution in [0.1, 0.15) is 25.9 Å². The Bertz CT molecular complexity index is 1140. The van der Waals surface area contributed by atoms with E-state index >= 15 is 0 Å². The van der Waals surface area contributed by atoms with Gasteiger partial charge in [-0.25, -0.2) is 9.78 Å². The summed E-state index contributed by atoms with van der Waals surface area (Å²) in [6, 6.07) is 15.3. The van der Waals surface area contributed by atoms with Gasteiger partial charge in [-0.05, 0) is 30.7 Å². The summed E-state index contributed by atoms with van der Waals surface area (Å²) >= 11 is 1.40. The lowest BCUT2D eigenvalue weighted by Crippen LogP contribution is -2.11. The highest BCUT2D eigenvalue weighted by Gasteiger charge is 2.16. The molecule has 0 atom stereocenters. The van der Waals surface area contributed by atoms with Crippen LogP contribution in [0, 0.1) is 6.92 Å². The van der Waals surface area contributed by atoms with Gasteiger partial charge in [0.05, 0.1) is 21.7 Å². The number of rotatable bonds is 4. The Morgan fingerprint density at radius 1 is 1.12 bits per heavy atom. The highest BCUT2D eigenvalue weighted by atomic mass is 32.1. The number of nitrogens with one attached hydrogen (secondary N) is 3. The van der Waals surface area contributed by atoms with Crippen molar-refractivity contribution in [3.8, 4) is 0 Å². The Morgan fingerprint density at radius 2 is 1.88 bits per heavy atom. The second-order valence-electron chi connectivity index (χ2n) is 5.98. The summed E-state index contributed by atoms with van der Waals surface area (Å²) in [5, 5.41) is 3.78. The largest absolute Gasteiger partial charge is 0.323 e. The number of thiazole rings is 1. The van der Waals surface area contributed by atoms with Gasteiger partial charge in [-0.3, -0.25) is 4.79 Å². The van der Waals surface area contributed by atoms with E-state index in [1.807, 2.05) is 37.3 Å². The molecule has 0 unspecified atom stereocenters. The van der Waals surface area contributed by atoms with Crippen LogP contribution in [0.25, 0.3) is 11.0 Å². The first-order valence-corrected chi connectivity index (χ1v) is 8.94. The van der Waals surface area contributed by atoms with Crippen LogP contribution >= 0.6 is 11.3 Å². The van der Waals surface area contributed by atoms with E-state index in [2.05, 4.69) is 20.3 Å². The summed E-state index contributed by atoms with van der Waals surface area (Å²) in [5.74, 6) is -0.198. The van der Waals surface area contributed by atoms with Crippen molar-refractivity contribution < 1.29 is 4.79 Å². The summed E-state index contributed by atoms with van der Waals surface area (Å²) in [4.78, 5) is 34.4. The normalized spacial score (nSPS) is 11.0. The Kier molecular flexibility index (Phi) is 4.14. The number of anilines is 1. The van der Waals surface area contributed by atoms with Crippen LogP contribution < -0.4 is 11.0 Å². The number of hydrogen-bond donors (Lipinski definition) is 3. The molecule has 0 spiro atoms. The van der Waals surface area contributed by atoms with E-state index in [9.17, 15) is 9.59 Å². The lowest BCUT2D eigenvalue weighted by Gasteiger charge is -2.04. The van der Waals surface area contributed by atoms with E-state index in [0.717, 1.165) is 16.3 Å². The average Bonchev–Trinajstić information content (AvgIpc) is 3.16. The van der Waals surface area contributed by atoms with Crippen molar-refractivity contribution in [3.63, 3.8) is 0 Å². The van der Waals surface area contributed by atoms with Crippen LogP contribution in [0.5, 0.6) is 0 Å². The third-order valence-electron chi connectivity index (χ3n) is 4.02. The third-order valence-corrected chi connectivity index (χ3v) is 5.18. The summed E-state index contributed by atoms with van der Waals surface area (Å²) < 4.78 is 0. The molecule has 0 aliphatic carbocycles. The number of carbonyl (C=O) groups is 1.